The zero-order valence-electron chi connectivity index (χ0n) is 16.7. The molecule has 0 heterocycles. The van der Waals surface area contributed by atoms with Gasteiger partial charge in [0.1, 0.15) is 12.2 Å². The molecule has 0 aromatic rings. The highest BCUT2D eigenvalue weighted by Crippen LogP contribution is 2.71. The molecular formula is C22H26Cl2O5. The highest BCUT2D eigenvalue weighted by Gasteiger charge is 2.75. The molecule has 0 unspecified atom stereocenters. The van der Waals surface area contributed by atoms with Gasteiger partial charge in [-0.15, -0.1) is 23.2 Å². The maximum Gasteiger partial charge on any atom is 0.190 e. The number of rotatable bonds is 2. The van der Waals surface area contributed by atoms with Crippen LogP contribution < -0.4 is 0 Å². The second-order valence-electron chi connectivity index (χ2n) is 9.68. The normalized spacial score (nSPS) is 51.2. The summed E-state index contributed by atoms with van der Waals surface area (Å²) in [4.78, 5) is 36.6. The predicted octanol–water partition coefficient (Wildman–Crippen LogP) is 2.59. The summed E-state index contributed by atoms with van der Waals surface area (Å²) in [5.74, 6) is -1.99. The number of alkyl halides is 2. The molecule has 158 valence electrons. The first-order valence-electron chi connectivity index (χ1n) is 10.1. The lowest BCUT2D eigenvalue weighted by atomic mass is 9.46. The van der Waals surface area contributed by atoms with Crippen molar-refractivity contribution in [2.45, 2.75) is 55.9 Å². The van der Waals surface area contributed by atoms with Crippen LogP contribution in [0.4, 0.5) is 0 Å². The lowest BCUT2D eigenvalue weighted by Crippen LogP contribution is -2.68. The van der Waals surface area contributed by atoms with Crippen molar-refractivity contribution in [3.05, 3.63) is 23.8 Å². The van der Waals surface area contributed by atoms with Crippen molar-refractivity contribution in [3.63, 3.8) is 0 Å². The van der Waals surface area contributed by atoms with Gasteiger partial charge in [-0.05, 0) is 42.7 Å². The number of allylic oxidation sites excluding steroid dienone is 4. The first kappa shape index (κ1) is 21.2. The van der Waals surface area contributed by atoms with E-state index in [0.29, 0.717) is 12.0 Å². The van der Waals surface area contributed by atoms with Crippen LogP contribution in [0.3, 0.4) is 0 Å². The van der Waals surface area contributed by atoms with E-state index < -0.39 is 45.0 Å². The molecule has 3 saturated carbocycles. The number of Topliss-reactive ketones (excluding diaryl/α,β-unsaturated/α-hetero) is 2. The summed E-state index contributed by atoms with van der Waals surface area (Å²) >= 11 is 14.3. The minimum Gasteiger partial charge on any atom is -0.388 e. The Morgan fingerprint density at radius 3 is 2.55 bits per heavy atom. The molecule has 4 aliphatic rings. The molecule has 2 N–H and O–H groups in total. The van der Waals surface area contributed by atoms with E-state index >= 15 is 0 Å². The summed E-state index contributed by atoms with van der Waals surface area (Å²) in [5, 5.41) is 20.4. The summed E-state index contributed by atoms with van der Waals surface area (Å²) in [5.41, 5.74) is -3.16. The van der Waals surface area contributed by atoms with Crippen LogP contribution in [0.2, 0.25) is 0 Å². The minimum absolute atomic E-state index is 0.117. The Balaban J connectivity index is 1.88. The molecule has 5 nitrogen and oxygen atoms in total. The molecule has 3 fully saturated rings. The van der Waals surface area contributed by atoms with E-state index in [-0.39, 0.29) is 36.2 Å². The number of hydrogen-bond acceptors (Lipinski definition) is 5. The number of ketones is 3. The molecule has 0 amide bonds. The van der Waals surface area contributed by atoms with Crippen molar-refractivity contribution in [2.75, 3.05) is 6.61 Å². The number of aliphatic hydroxyl groups is 2. The maximum atomic E-state index is 13.1. The van der Waals surface area contributed by atoms with Crippen LogP contribution in [0.5, 0.6) is 0 Å². The van der Waals surface area contributed by atoms with E-state index in [9.17, 15) is 24.6 Å². The number of hydrogen-bond donors (Lipinski definition) is 2. The van der Waals surface area contributed by atoms with Crippen LogP contribution in [0.1, 0.15) is 40.0 Å². The molecule has 0 spiro atoms. The molecule has 8 atom stereocenters. The van der Waals surface area contributed by atoms with Gasteiger partial charge in [0.05, 0.1) is 10.3 Å². The first-order chi connectivity index (χ1) is 13.4. The quantitative estimate of drug-likeness (QED) is 0.643. The van der Waals surface area contributed by atoms with Crippen LogP contribution >= 0.6 is 23.2 Å². The highest BCUT2D eigenvalue weighted by molar-refractivity contribution is 6.35. The standard InChI is InChI=1S/C22H26Cl2O5/c1-11-6-13-14-8-16(27)15-7-12(26)4-5-19(15,2)21(14,24)17(23)9-20(13,3)22(11,29)18(28)10-25/h4-5,7,11,13-14,17,25,29H,6,8-10H2,1-3H3/t11-,13+,14+,17+,19+,20+,21+,22+/m1/s1. The number of carbonyl (C=O) groups excluding carboxylic acids is 3. The summed E-state index contributed by atoms with van der Waals surface area (Å²) in [6.45, 7) is 4.73. The summed E-state index contributed by atoms with van der Waals surface area (Å²) in [7, 11) is 0. The van der Waals surface area contributed by atoms with Gasteiger partial charge in [-0.1, -0.05) is 26.8 Å². The van der Waals surface area contributed by atoms with E-state index in [1.165, 1.54) is 12.2 Å². The third-order valence-electron chi connectivity index (χ3n) is 8.59. The lowest BCUT2D eigenvalue weighted by Gasteiger charge is -2.63. The fraction of sp³-hybridized carbons (Fsp3) is 0.682. The molecule has 7 heteroatoms. The SMILES string of the molecule is C[C@@H]1C[C@H]2[C@@H]3CC(=O)C4=CC(=O)C=C[C@]4(C)[C@@]3(Cl)[C@@H](Cl)C[C@]2(C)[C@@]1(O)C(=O)CO. The van der Waals surface area contributed by atoms with Gasteiger partial charge in [0.15, 0.2) is 17.3 Å². The van der Waals surface area contributed by atoms with Crippen molar-refractivity contribution >= 4 is 40.6 Å². The fourth-order valence-corrected chi connectivity index (χ4v) is 8.21. The Morgan fingerprint density at radius 2 is 1.93 bits per heavy atom. The third-order valence-corrected chi connectivity index (χ3v) is 10.1. The van der Waals surface area contributed by atoms with Crippen molar-refractivity contribution < 1.29 is 24.6 Å². The maximum absolute atomic E-state index is 13.1. The first-order valence-corrected chi connectivity index (χ1v) is 10.9. The number of fused-ring (bicyclic) bond motifs is 5. The Bertz CT molecular complexity index is 880. The largest absolute Gasteiger partial charge is 0.388 e. The van der Waals surface area contributed by atoms with Crippen molar-refractivity contribution in [2.24, 2.45) is 28.6 Å². The van der Waals surface area contributed by atoms with Gasteiger partial charge < -0.3 is 10.2 Å². The van der Waals surface area contributed by atoms with Gasteiger partial charge in [-0.3, -0.25) is 14.4 Å². The Morgan fingerprint density at radius 1 is 1.28 bits per heavy atom. The second kappa shape index (κ2) is 6.25. The van der Waals surface area contributed by atoms with E-state index in [2.05, 4.69) is 0 Å². The van der Waals surface area contributed by atoms with E-state index in [0.717, 1.165) is 0 Å². The fourth-order valence-electron chi connectivity index (χ4n) is 7.03. The molecule has 0 aromatic carbocycles. The van der Waals surface area contributed by atoms with Crippen LogP contribution in [-0.4, -0.2) is 50.0 Å². The zero-order chi connectivity index (χ0) is 21.6. The summed E-state index contributed by atoms with van der Waals surface area (Å²) in [6, 6.07) is 0. The molecule has 0 aliphatic heterocycles. The van der Waals surface area contributed by atoms with Gasteiger partial charge in [0.25, 0.3) is 0 Å². The summed E-state index contributed by atoms with van der Waals surface area (Å²) in [6.07, 6.45) is 5.39. The number of aliphatic hydroxyl groups excluding tert-OH is 1. The van der Waals surface area contributed by atoms with Gasteiger partial charge in [-0.25, -0.2) is 0 Å². The smallest absolute Gasteiger partial charge is 0.190 e. The van der Waals surface area contributed by atoms with E-state index in [1.54, 1.807) is 13.0 Å². The monoisotopic (exact) mass is 440 g/mol. The highest BCUT2D eigenvalue weighted by atomic mass is 35.5. The van der Waals surface area contributed by atoms with Crippen LogP contribution in [0, 0.1) is 28.6 Å². The predicted molar refractivity (Wildman–Crippen MR) is 109 cm³/mol. The van der Waals surface area contributed by atoms with Gasteiger partial charge >= 0.3 is 0 Å². The Labute approximate surface area is 180 Å². The van der Waals surface area contributed by atoms with E-state index in [1.807, 2.05) is 13.8 Å². The minimum atomic E-state index is -1.73. The van der Waals surface area contributed by atoms with Crippen molar-refractivity contribution in [3.8, 4) is 0 Å². The lowest BCUT2D eigenvalue weighted by molar-refractivity contribution is -0.168. The Hall–Kier alpha value is -1.01. The zero-order valence-corrected chi connectivity index (χ0v) is 18.3. The molecule has 0 saturated heterocycles. The number of halogens is 2. The molecule has 0 radical (unpaired) electrons. The molecule has 4 rings (SSSR count). The van der Waals surface area contributed by atoms with E-state index in [4.69, 9.17) is 23.2 Å². The van der Waals surface area contributed by atoms with Gasteiger partial charge in [0.2, 0.25) is 0 Å². The molecule has 4 aliphatic carbocycles. The van der Waals surface area contributed by atoms with Crippen LogP contribution in [0.25, 0.3) is 0 Å². The third kappa shape index (κ3) is 2.28. The van der Waals surface area contributed by atoms with Crippen molar-refractivity contribution in [1.29, 1.82) is 0 Å². The molecular weight excluding hydrogens is 415 g/mol. The topological polar surface area (TPSA) is 91.7 Å². The Kier molecular flexibility index (Phi) is 4.58. The van der Waals surface area contributed by atoms with Gasteiger partial charge in [0, 0.05) is 22.8 Å². The molecule has 0 bridgehead atoms. The average molecular weight is 441 g/mol. The molecule has 29 heavy (non-hydrogen) atoms. The second-order valence-corrected chi connectivity index (χ2v) is 10.8. The van der Waals surface area contributed by atoms with Crippen LogP contribution in [0.15, 0.2) is 23.8 Å². The van der Waals surface area contributed by atoms with Crippen molar-refractivity contribution in [1.82, 2.24) is 0 Å². The van der Waals surface area contributed by atoms with Crippen LogP contribution in [-0.2, 0) is 14.4 Å². The average Bonchev–Trinajstić information content (AvgIpc) is 2.86. The summed E-state index contributed by atoms with van der Waals surface area (Å²) < 4.78 is 0. The van der Waals surface area contributed by atoms with Gasteiger partial charge in [-0.2, -0.15) is 0 Å². The number of carbonyl (C=O) groups is 3. The molecule has 0 aromatic heterocycles.